The molecule has 116 valence electrons. The summed E-state index contributed by atoms with van der Waals surface area (Å²) < 4.78 is 0. The number of carboxylic acid groups (broad SMARTS) is 1. The number of carbonyl (C=O) groups is 2. The first-order valence-electron chi connectivity index (χ1n) is 6.99. The van der Waals surface area contributed by atoms with Crippen LogP contribution in [0.15, 0.2) is 29.6 Å². The zero-order chi connectivity index (χ0) is 16.1. The van der Waals surface area contributed by atoms with E-state index < -0.39 is 5.97 Å². The molecule has 0 radical (unpaired) electrons. The van der Waals surface area contributed by atoms with Gasteiger partial charge in [0.05, 0.1) is 13.0 Å². The minimum Gasteiger partial charge on any atom is -0.476 e. The molecule has 0 saturated carbocycles. The van der Waals surface area contributed by atoms with Gasteiger partial charge in [-0.15, -0.1) is 11.3 Å². The molecule has 22 heavy (non-hydrogen) atoms. The number of aromatic nitrogens is 1. The molecule has 1 aromatic heterocycles. The first-order chi connectivity index (χ1) is 10.5. The Labute approximate surface area is 133 Å². The zero-order valence-corrected chi connectivity index (χ0v) is 13.3. The van der Waals surface area contributed by atoms with Crippen molar-refractivity contribution in [2.45, 2.75) is 32.7 Å². The summed E-state index contributed by atoms with van der Waals surface area (Å²) in [4.78, 5) is 26.5. The van der Waals surface area contributed by atoms with Gasteiger partial charge in [0, 0.05) is 5.38 Å². The van der Waals surface area contributed by atoms with Crippen molar-refractivity contribution in [3.8, 4) is 0 Å². The summed E-state index contributed by atoms with van der Waals surface area (Å²) in [6.45, 7) is 4.50. The molecule has 0 fully saturated rings. The highest BCUT2D eigenvalue weighted by Crippen LogP contribution is 2.15. The fourth-order valence-electron chi connectivity index (χ4n) is 1.93. The normalized spacial score (nSPS) is 10.7. The molecule has 0 unspecified atom stereocenters. The Morgan fingerprint density at radius 2 is 1.95 bits per heavy atom. The number of benzene rings is 1. The molecular formula is C16H18N2O3S. The second kappa shape index (κ2) is 7.17. The number of nitrogens with one attached hydrogen (secondary N) is 1. The molecule has 1 heterocycles. The monoisotopic (exact) mass is 318 g/mol. The summed E-state index contributed by atoms with van der Waals surface area (Å²) in [5, 5.41) is 13.6. The highest BCUT2D eigenvalue weighted by Gasteiger charge is 2.10. The van der Waals surface area contributed by atoms with Crippen LogP contribution in [-0.2, 0) is 17.8 Å². The number of carboxylic acids is 1. The Hall–Kier alpha value is -2.21. The lowest BCUT2D eigenvalue weighted by atomic mass is 10.0. The molecule has 2 N–H and O–H groups in total. The highest BCUT2D eigenvalue weighted by molar-refractivity contribution is 7.09. The van der Waals surface area contributed by atoms with Crippen molar-refractivity contribution >= 4 is 23.2 Å². The van der Waals surface area contributed by atoms with Gasteiger partial charge in [-0.25, -0.2) is 9.78 Å². The van der Waals surface area contributed by atoms with E-state index in [1.165, 1.54) is 22.3 Å². The molecule has 1 amide bonds. The molecule has 0 saturated heterocycles. The summed E-state index contributed by atoms with van der Waals surface area (Å²) >= 11 is 1.22. The van der Waals surface area contributed by atoms with Gasteiger partial charge in [0.1, 0.15) is 5.01 Å². The molecular weight excluding hydrogens is 300 g/mol. The van der Waals surface area contributed by atoms with Crippen LogP contribution in [0, 0.1) is 0 Å². The highest BCUT2D eigenvalue weighted by atomic mass is 32.1. The maximum atomic E-state index is 11.9. The van der Waals surface area contributed by atoms with Gasteiger partial charge in [0.15, 0.2) is 5.69 Å². The van der Waals surface area contributed by atoms with Crippen LogP contribution in [0.3, 0.4) is 0 Å². The number of nitrogens with zero attached hydrogens (tertiary/aromatic N) is 1. The van der Waals surface area contributed by atoms with Crippen molar-refractivity contribution in [3.63, 3.8) is 0 Å². The number of hydrogen-bond acceptors (Lipinski definition) is 4. The lowest BCUT2D eigenvalue weighted by Gasteiger charge is -2.07. The van der Waals surface area contributed by atoms with Crippen LogP contribution in [0.4, 0.5) is 0 Å². The Bertz CT molecular complexity index is 662. The Morgan fingerprint density at radius 3 is 2.50 bits per heavy atom. The molecule has 6 heteroatoms. The van der Waals surface area contributed by atoms with Crippen molar-refractivity contribution in [2.24, 2.45) is 0 Å². The number of amides is 1. The van der Waals surface area contributed by atoms with Crippen LogP contribution in [-0.4, -0.2) is 22.0 Å². The van der Waals surface area contributed by atoms with E-state index >= 15 is 0 Å². The number of thiazole rings is 1. The quantitative estimate of drug-likeness (QED) is 0.858. The van der Waals surface area contributed by atoms with Gasteiger partial charge in [-0.2, -0.15) is 0 Å². The van der Waals surface area contributed by atoms with Crippen LogP contribution in [0.2, 0.25) is 0 Å². The lowest BCUT2D eigenvalue weighted by Crippen LogP contribution is -2.24. The van der Waals surface area contributed by atoms with Crippen molar-refractivity contribution < 1.29 is 14.7 Å². The van der Waals surface area contributed by atoms with E-state index in [9.17, 15) is 9.59 Å². The molecule has 1 aromatic carbocycles. The van der Waals surface area contributed by atoms with Gasteiger partial charge in [-0.1, -0.05) is 38.1 Å². The number of rotatable bonds is 6. The number of aromatic carboxylic acids is 1. The van der Waals surface area contributed by atoms with Gasteiger partial charge < -0.3 is 10.4 Å². The fourth-order valence-corrected chi connectivity index (χ4v) is 2.64. The smallest absolute Gasteiger partial charge is 0.355 e. The third-order valence-corrected chi connectivity index (χ3v) is 4.07. The standard InChI is InChI=1S/C16H18N2O3S/c1-10(2)12-5-3-11(4-6-12)7-14(19)17-8-15-18-13(9-22-15)16(20)21/h3-6,9-10H,7-8H2,1-2H3,(H,17,19)(H,20,21). The van der Waals surface area contributed by atoms with Crippen LogP contribution in [0.25, 0.3) is 0 Å². The second-order valence-corrected chi connectivity index (χ2v) is 6.22. The van der Waals surface area contributed by atoms with Crippen molar-refractivity contribution in [1.29, 1.82) is 0 Å². The average Bonchev–Trinajstić information content (AvgIpc) is 2.95. The van der Waals surface area contributed by atoms with E-state index in [1.807, 2.05) is 24.3 Å². The van der Waals surface area contributed by atoms with Gasteiger partial charge in [-0.05, 0) is 17.0 Å². The lowest BCUT2D eigenvalue weighted by molar-refractivity contribution is -0.120. The van der Waals surface area contributed by atoms with E-state index in [0.29, 0.717) is 17.3 Å². The topological polar surface area (TPSA) is 79.3 Å². The fraction of sp³-hybridized carbons (Fsp3) is 0.312. The summed E-state index contributed by atoms with van der Waals surface area (Å²) in [5.74, 6) is -0.695. The van der Waals surface area contributed by atoms with E-state index in [0.717, 1.165) is 5.56 Å². The third kappa shape index (κ3) is 4.39. The van der Waals surface area contributed by atoms with E-state index in [2.05, 4.69) is 24.1 Å². The SMILES string of the molecule is CC(C)c1ccc(CC(=O)NCc2nc(C(=O)O)cs2)cc1. The molecule has 0 aliphatic rings. The summed E-state index contributed by atoms with van der Waals surface area (Å²) in [6.07, 6.45) is 0.301. The Kier molecular flexibility index (Phi) is 5.27. The minimum atomic E-state index is -1.06. The van der Waals surface area contributed by atoms with Crippen molar-refractivity contribution in [1.82, 2.24) is 10.3 Å². The van der Waals surface area contributed by atoms with Gasteiger partial charge in [0.2, 0.25) is 5.91 Å². The van der Waals surface area contributed by atoms with Crippen molar-refractivity contribution in [3.05, 3.63) is 51.5 Å². The Balaban J connectivity index is 1.85. The first-order valence-corrected chi connectivity index (χ1v) is 7.87. The van der Waals surface area contributed by atoms with E-state index in [4.69, 9.17) is 5.11 Å². The number of hydrogen-bond donors (Lipinski definition) is 2. The number of carbonyl (C=O) groups excluding carboxylic acids is 1. The molecule has 0 aliphatic carbocycles. The van der Waals surface area contributed by atoms with Gasteiger partial charge in [0.25, 0.3) is 0 Å². The van der Waals surface area contributed by atoms with Crippen LogP contribution < -0.4 is 5.32 Å². The average molecular weight is 318 g/mol. The summed E-state index contributed by atoms with van der Waals surface area (Å²) in [7, 11) is 0. The van der Waals surface area contributed by atoms with E-state index in [-0.39, 0.29) is 18.1 Å². The minimum absolute atomic E-state index is 0.0125. The van der Waals surface area contributed by atoms with Crippen LogP contribution >= 0.6 is 11.3 Å². The zero-order valence-electron chi connectivity index (χ0n) is 12.5. The second-order valence-electron chi connectivity index (χ2n) is 5.28. The summed E-state index contributed by atoms with van der Waals surface area (Å²) in [5.41, 5.74) is 2.21. The molecule has 0 bridgehead atoms. The van der Waals surface area contributed by atoms with Crippen LogP contribution in [0.5, 0.6) is 0 Å². The molecule has 0 aliphatic heterocycles. The molecule has 0 atom stereocenters. The Morgan fingerprint density at radius 1 is 1.27 bits per heavy atom. The predicted octanol–water partition coefficient (Wildman–Crippen LogP) is 2.82. The first kappa shape index (κ1) is 16.2. The largest absolute Gasteiger partial charge is 0.476 e. The van der Waals surface area contributed by atoms with Crippen LogP contribution in [0.1, 0.15) is 46.4 Å². The molecule has 0 spiro atoms. The third-order valence-electron chi connectivity index (χ3n) is 3.22. The molecule has 2 aromatic rings. The maximum Gasteiger partial charge on any atom is 0.355 e. The predicted molar refractivity (Wildman–Crippen MR) is 85.2 cm³/mol. The molecule has 5 nitrogen and oxygen atoms in total. The van der Waals surface area contributed by atoms with E-state index in [1.54, 1.807) is 0 Å². The summed E-state index contributed by atoms with van der Waals surface area (Å²) in [6, 6.07) is 7.99. The van der Waals surface area contributed by atoms with Crippen molar-refractivity contribution in [2.75, 3.05) is 0 Å². The maximum absolute atomic E-state index is 11.9. The molecule has 2 rings (SSSR count). The van der Waals surface area contributed by atoms with Gasteiger partial charge in [-0.3, -0.25) is 4.79 Å². The van der Waals surface area contributed by atoms with Gasteiger partial charge >= 0.3 is 5.97 Å².